The van der Waals surface area contributed by atoms with Gasteiger partial charge in [-0.05, 0) is 24.6 Å². The number of carbonyl (C=O) groups excluding carboxylic acids is 2. The maximum Gasteiger partial charge on any atom is 0.341 e. The Morgan fingerprint density at radius 3 is 2.52 bits per heavy atom. The number of esters is 1. The summed E-state index contributed by atoms with van der Waals surface area (Å²) in [6, 6.07) is 11.4. The van der Waals surface area contributed by atoms with Crippen LogP contribution in [0.3, 0.4) is 0 Å². The first kappa shape index (κ1) is 18.8. The van der Waals surface area contributed by atoms with Crippen molar-refractivity contribution in [1.29, 1.82) is 0 Å². The van der Waals surface area contributed by atoms with Crippen LogP contribution in [0.1, 0.15) is 12.5 Å². The highest BCUT2D eigenvalue weighted by Gasteiger charge is 2.17. The molecule has 0 atom stereocenters. The number of carbonyl (C=O) groups is 2. The molecule has 5 nitrogen and oxygen atoms in total. The van der Waals surface area contributed by atoms with E-state index < -0.39 is 11.8 Å². The Hall–Kier alpha value is -2.50. The summed E-state index contributed by atoms with van der Waals surface area (Å²) >= 11 is 6.12. The van der Waals surface area contributed by atoms with Crippen LogP contribution >= 0.6 is 11.6 Å². The van der Waals surface area contributed by atoms with Crippen LogP contribution in [-0.4, -0.2) is 37.1 Å². The number of benzene rings is 1. The highest BCUT2D eigenvalue weighted by Crippen LogP contribution is 2.25. The summed E-state index contributed by atoms with van der Waals surface area (Å²) in [7, 11) is 1.50. The summed E-state index contributed by atoms with van der Waals surface area (Å²) in [5, 5.41) is 0.197. The zero-order chi connectivity index (χ0) is 18.2. The molecule has 0 aliphatic rings. The summed E-state index contributed by atoms with van der Waals surface area (Å²) in [5.41, 5.74) is 2.15. The smallest absolute Gasteiger partial charge is 0.341 e. The van der Waals surface area contributed by atoms with Gasteiger partial charge < -0.3 is 9.47 Å². The van der Waals surface area contributed by atoms with Crippen LogP contribution in [0, 0.1) is 0 Å². The molecule has 25 heavy (non-hydrogen) atoms. The topological polar surface area (TPSA) is 65.5 Å². The number of nitrogens with zero attached hydrogens (tertiary/aromatic N) is 1. The van der Waals surface area contributed by atoms with E-state index in [1.165, 1.54) is 20.1 Å². The van der Waals surface area contributed by atoms with Gasteiger partial charge >= 0.3 is 5.97 Å². The number of aromatic nitrogens is 1. The number of methoxy groups -OCH3 is 1. The van der Waals surface area contributed by atoms with Gasteiger partial charge in [0.05, 0.1) is 6.61 Å². The fraction of sp³-hybridized carbons (Fsp3) is 0.211. The van der Waals surface area contributed by atoms with E-state index in [2.05, 4.69) is 4.98 Å². The van der Waals surface area contributed by atoms with Crippen molar-refractivity contribution < 1.29 is 19.1 Å². The fourth-order valence-electron chi connectivity index (χ4n) is 2.11. The van der Waals surface area contributed by atoms with E-state index in [0.717, 1.165) is 11.1 Å². The van der Waals surface area contributed by atoms with Crippen LogP contribution in [0.25, 0.3) is 17.2 Å². The van der Waals surface area contributed by atoms with E-state index in [9.17, 15) is 9.59 Å². The van der Waals surface area contributed by atoms with Gasteiger partial charge in [0.1, 0.15) is 17.3 Å². The van der Waals surface area contributed by atoms with Crippen molar-refractivity contribution in [3.8, 4) is 11.1 Å². The number of ether oxygens (including phenoxy) is 2. The second kappa shape index (κ2) is 9.11. The molecule has 0 N–H and O–H groups in total. The van der Waals surface area contributed by atoms with E-state index >= 15 is 0 Å². The molecule has 1 aromatic carbocycles. The number of Topliss-reactive ketones (excluding diaryl/α,β-unsaturated/α-hetero) is 1. The molecule has 0 saturated carbocycles. The van der Waals surface area contributed by atoms with Crippen LogP contribution in [-0.2, 0) is 19.1 Å². The lowest BCUT2D eigenvalue weighted by molar-refractivity contribution is -0.141. The van der Waals surface area contributed by atoms with E-state index in [0.29, 0.717) is 5.56 Å². The van der Waals surface area contributed by atoms with Gasteiger partial charge in [-0.1, -0.05) is 41.9 Å². The van der Waals surface area contributed by atoms with Crippen LogP contribution in [0.2, 0.25) is 5.15 Å². The summed E-state index contributed by atoms with van der Waals surface area (Å²) in [5.74, 6) is -1.13. The molecule has 2 rings (SSSR count). The number of halogens is 1. The van der Waals surface area contributed by atoms with Gasteiger partial charge in [0.2, 0.25) is 0 Å². The van der Waals surface area contributed by atoms with E-state index in [1.54, 1.807) is 12.3 Å². The third-order valence-electron chi connectivity index (χ3n) is 3.39. The first-order valence-corrected chi connectivity index (χ1v) is 8.00. The second-order valence-corrected chi connectivity index (χ2v) is 5.57. The minimum atomic E-state index is -0.717. The zero-order valence-electron chi connectivity index (χ0n) is 14.0. The highest BCUT2D eigenvalue weighted by atomic mass is 35.5. The van der Waals surface area contributed by atoms with Crippen LogP contribution in [0.5, 0.6) is 0 Å². The maximum absolute atomic E-state index is 12.1. The Bertz CT molecular complexity index is 787. The average Bonchev–Trinajstić information content (AvgIpc) is 2.61. The standard InChI is InChI=1S/C19H18ClNO4/c1-13(22)17(19(23)25-9-8-24-2)11-15-10-16(12-21-18(15)20)14-6-4-3-5-7-14/h3-7,10-12H,8-9H2,1-2H3/b17-11+. The van der Waals surface area contributed by atoms with Crippen molar-refractivity contribution in [2.75, 3.05) is 20.3 Å². The quantitative estimate of drug-likeness (QED) is 0.189. The predicted molar refractivity (Wildman–Crippen MR) is 96.2 cm³/mol. The Morgan fingerprint density at radius 2 is 1.88 bits per heavy atom. The molecule has 130 valence electrons. The first-order chi connectivity index (χ1) is 12.0. The van der Waals surface area contributed by atoms with E-state index in [1.807, 2.05) is 30.3 Å². The molecule has 0 fully saturated rings. The van der Waals surface area contributed by atoms with Crippen molar-refractivity contribution >= 4 is 29.4 Å². The largest absolute Gasteiger partial charge is 0.460 e. The molecule has 0 unspecified atom stereocenters. The Balaban J connectivity index is 2.35. The molecule has 0 bridgehead atoms. The zero-order valence-corrected chi connectivity index (χ0v) is 14.7. The second-order valence-electron chi connectivity index (χ2n) is 5.21. The molecule has 2 aromatic rings. The van der Waals surface area contributed by atoms with Crippen LogP contribution in [0.15, 0.2) is 48.2 Å². The molecule has 6 heteroatoms. The first-order valence-electron chi connectivity index (χ1n) is 7.62. The van der Waals surface area contributed by atoms with Crippen molar-refractivity contribution in [3.63, 3.8) is 0 Å². The molecule has 1 heterocycles. The summed E-state index contributed by atoms with van der Waals surface area (Å²) in [6.07, 6.45) is 3.04. The molecule has 0 spiro atoms. The summed E-state index contributed by atoms with van der Waals surface area (Å²) < 4.78 is 9.84. The third kappa shape index (κ3) is 5.24. The molecular weight excluding hydrogens is 342 g/mol. The number of pyridine rings is 1. The molecule has 0 radical (unpaired) electrons. The van der Waals surface area contributed by atoms with Gasteiger partial charge in [0.25, 0.3) is 0 Å². The summed E-state index contributed by atoms with van der Waals surface area (Å²) in [4.78, 5) is 28.1. The number of hydrogen-bond acceptors (Lipinski definition) is 5. The fourth-order valence-corrected chi connectivity index (χ4v) is 2.27. The maximum atomic E-state index is 12.1. The van der Waals surface area contributed by atoms with Crippen LogP contribution < -0.4 is 0 Å². The Labute approximate surface area is 151 Å². The van der Waals surface area contributed by atoms with Crippen molar-refractivity contribution in [1.82, 2.24) is 4.98 Å². The SMILES string of the molecule is COCCOC(=O)/C(=C/c1cc(-c2ccccc2)cnc1Cl)C(C)=O. The predicted octanol–water partition coefficient (Wildman–Crippen LogP) is 3.56. The number of rotatable bonds is 7. The Kier molecular flexibility index (Phi) is 6.86. The van der Waals surface area contributed by atoms with Gasteiger partial charge in [-0.2, -0.15) is 0 Å². The summed E-state index contributed by atoms with van der Waals surface area (Å²) in [6.45, 7) is 1.62. The lowest BCUT2D eigenvalue weighted by Gasteiger charge is -2.08. The Morgan fingerprint density at radius 1 is 1.16 bits per heavy atom. The monoisotopic (exact) mass is 359 g/mol. The van der Waals surface area contributed by atoms with Crippen LogP contribution in [0.4, 0.5) is 0 Å². The van der Waals surface area contributed by atoms with Gasteiger partial charge in [-0.15, -0.1) is 0 Å². The van der Waals surface area contributed by atoms with Crippen molar-refractivity contribution in [2.45, 2.75) is 6.92 Å². The van der Waals surface area contributed by atoms with Gasteiger partial charge in [-0.3, -0.25) is 4.79 Å². The van der Waals surface area contributed by atoms with E-state index in [4.69, 9.17) is 21.1 Å². The third-order valence-corrected chi connectivity index (χ3v) is 3.71. The molecule has 1 aromatic heterocycles. The van der Waals surface area contributed by atoms with Crippen molar-refractivity contribution in [3.05, 3.63) is 58.9 Å². The van der Waals surface area contributed by atoms with Gasteiger partial charge in [0, 0.05) is 24.4 Å². The lowest BCUT2D eigenvalue weighted by atomic mass is 10.0. The van der Waals surface area contributed by atoms with Gasteiger partial charge in [0.15, 0.2) is 5.78 Å². The molecule has 0 aliphatic heterocycles. The molecule has 0 saturated heterocycles. The normalized spacial score (nSPS) is 11.2. The average molecular weight is 360 g/mol. The lowest BCUT2D eigenvalue weighted by Crippen LogP contribution is -2.16. The van der Waals surface area contributed by atoms with Crippen molar-refractivity contribution in [2.24, 2.45) is 0 Å². The minimum absolute atomic E-state index is 0.0655. The molecular formula is C19H18ClNO4. The highest BCUT2D eigenvalue weighted by molar-refractivity contribution is 6.31. The molecule has 0 aliphatic carbocycles. The number of ketones is 1. The minimum Gasteiger partial charge on any atom is -0.460 e. The van der Waals surface area contributed by atoms with E-state index in [-0.39, 0.29) is 23.9 Å². The number of hydrogen-bond donors (Lipinski definition) is 0. The molecule has 0 amide bonds. The van der Waals surface area contributed by atoms with Gasteiger partial charge in [-0.25, -0.2) is 9.78 Å².